The van der Waals surface area contributed by atoms with Crippen molar-refractivity contribution in [2.24, 2.45) is 5.16 Å². The molecule has 20 heavy (non-hydrogen) atoms. The molecule has 1 heterocycles. The minimum atomic E-state index is -3.55. The summed E-state index contributed by atoms with van der Waals surface area (Å²) in [6, 6.07) is 5.07. The summed E-state index contributed by atoms with van der Waals surface area (Å²) in [6.45, 7) is 1.43. The molecule has 0 amide bonds. The van der Waals surface area contributed by atoms with Crippen LogP contribution in [0.5, 0.6) is 0 Å². The third-order valence-corrected chi connectivity index (χ3v) is 4.54. The lowest BCUT2D eigenvalue weighted by atomic mass is 10.1. The summed E-state index contributed by atoms with van der Waals surface area (Å²) in [7, 11) is -3.55. The monoisotopic (exact) mass is 299 g/mol. The van der Waals surface area contributed by atoms with Gasteiger partial charge in [-0.3, -0.25) is 0 Å². The zero-order chi connectivity index (χ0) is 15.0. The largest absolute Gasteiger partial charge is 0.373 e. The van der Waals surface area contributed by atoms with Crippen LogP contribution in [0.3, 0.4) is 0 Å². The van der Waals surface area contributed by atoms with Gasteiger partial charge in [0.25, 0.3) is 0 Å². The summed E-state index contributed by atoms with van der Waals surface area (Å²) >= 11 is 0. The standard InChI is InChI=1S/C12H11F2N3O2S/c1-12(7-15)5-11(17-19-12)20(16,18)6-8-9(13)3-2-4-10(8)14/h2-4,16H,5-6H2,1H3. The van der Waals surface area contributed by atoms with E-state index >= 15 is 0 Å². The average molecular weight is 299 g/mol. The van der Waals surface area contributed by atoms with Crippen LogP contribution >= 0.6 is 0 Å². The number of nitrogens with one attached hydrogen (secondary N) is 1. The third-order valence-electron chi connectivity index (χ3n) is 2.86. The second kappa shape index (κ2) is 4.83. The van der Waals surface area contributed by atoms with Gasteiger partial charge in [0.05, 0.1) is 21.9 Å². The molecule has 1 aliphatic rings. The van der Waals surface area contributed by atoms with Gasteiger partial charge in [0, 0.05) is 5.56 Å². The van der Waals surface area contributed by atoms with Crippen LogP contribution in [0.1, 0.15) is 18.9 Å². The molecule has 2 rings (SSSR count). The first-order valence-corrected chi connectivity index (χ1v) is 7.36. The van der Waals surface area contributed by atoms with Crippen LogP contribution in [0.25, 0.3) is 0 Å². The van der Waals surface area contributed by atoms with Crippen molar-refractivity contribution in [3.8, 4) is 6.07 Å². The molecule has 8 heteroatoms. The quantitative estimate of drug-likeness (QED) is 0.910. The van der Waals surface area contributed by atoms with E-state index in [4.69, 9.17) is 14.9 Å². The number of oxime groups is 1. The number of rotatable bonds is 2. The molecule has 0 saturated heterocycles. The Balaban J connectivity index is 2.29. The van der Waals surface area contributed by atoms with Gasteiger partial charge in [-0.15, -0.1) is 0 Å². The highest BCUT2D eigenvalue weighted by atomic mass is 32.2. The SMILES string of the molecule is CC1(C#N)CC(S(=N)(=O)Cc2c(F)cccc2F)=NO1. The van der Waals surface area contributed by atoms with Crippen molar-refractivity contribution >= 4 is 14.8 Å². The predicted molar refractivity (Wildman–Crippen MR) is 68.1 cm³/mol. The smallest absolute Gasteiger partial charge is 0.225 e. The zero-order valence-corrected chi connectivity index (χ0v) is 11.3. The second-order valence-electron chi connectivity index (χ2n) is 4.62. The average Bonchev–Trinajstić information content (AvgIpc) is 2.79. The number of nitriles is 1. The van der Waals surface area contributed by atoms with Gasteiger partial charge >= 0.3 is 0 Å². The highest BCUT2D eigenvalue weighted by molar-refractivity contribution is 8.06. The minimum Gasteiger partial charge on any atom is -0.373 e. The molecule has 2 unspecified atom stereocenters. The molecule has 0 radical (unpaired) electrons. The Bertz CT molecular complexity index is 704. The topological polar surface area (TPSA) is 86.3 Å². The predicted octanol–water partition coefficient (Wildman–Crippen LogP) is 2.53. The lowest BCUT2D eigenvalue weighted by Crippen LogP contribution is -2.24. The van der Waals surface area contributed by atoms with Gasteiger partial charge in [0.1, 0.15) is 17.7 Å². The first kappa shape index (κ1) is 14.4. The van der Waals surface area contributed by atoms with Crippen molar-refractivity contribution in [1.82, 2.24) is 0 Å². The Kier molecular flexibility index (Phi) is 3.48. The summed E-state index contributed by atoms with van der Waals surface area (Å²) in [5.41, 5.74) is -1.71. The molecule has 2 atom stereocenters. The maximum absolute atomic E-state index is 13.5. The van der Waals surface area contributed by atoms with Crippen molar-refractivity contribution in [2.75, 3.05) is 0 Å². The molecule has 0 spiro atoms. The molecule has 0 aliphatic carbocycles. The van der Waals surface area contributed by atoms with Gasteiger partial charge in [-0.2, -0.15) is 5.26 Å². The van der Waals surface area contributed by atoms with Gasteiger partial charge in [0.2, 0.25) is 5.60 Å². The number of hydrogen-bond acceptors (Lipinski definition) is 5. The van der Waals surface area contributed by atoms with Crippen molar-refractivity contribution in [1.29, 1.82) is 10.0 Å². The van der Waals surface area contributed by atoms with Crippen LogP contribution in [-0.4, -0.2) is 14.9 Å². The first-order chi connectivity index (χ1) is 9.27. The van der Waals surface area contributed by atoms with Crippen LogP contribution in [0, 0.1) is 27.7 Å². The van der Waals surface area contributed by atoms with Crippen LogP contribution in [0.2, 0.25) is 0 Å². The maximum Gasteiger partial charge on any atom is 0.225 e. The van der Waals surface area contributed by atoms with Gasteiger partial charge in [0.15, 0.2) is 5.04 Å². The number of hydrogen-bond donors (Lipinski definition) is 1. The summed E-state index contributed by atoms with van der Waals surface area (Å²) in [4.78, 5) is 4.83. The Morgan fingerprint density at radius 1 is 1.55 bits per heavy atom. The van der Waals surface area contributed by atoms with Crippen molar-refractivity contribution < 1.29 is 17.8 Å². The fourth-order valence-corrected chi connectivity index (χ4v) is 3.21. The summed E-state index contributed by atoms with van der Waals surface area (Å²) in [5.74, 6) is -2.38. The Labute approximate surface area is 114 Å². The van der Waals surface area contributed by atoms with E-state index < -0.39 is 38.3 Å². The molecule has 1 aliphatic heterocycles. The molecule has 5 nitrogen and oxygen atoms in total. The van der Waals surface area contributed by atoms with Crippen LogP contribution in [-0.2, 0) is 20.3 Å². The molecule has 1 aromatic rings. The van der Waals surface area contributed by atoms with E-state index in [1.807, 2.05) is 6.07 Å². The van der Waals surface area contributed by atoms with Crippen molar-refractivity contribution in [2.45, 2.75) is 24.7 Å². The second-order valence-corrected chi connectivity index (χ2v) is 6.73. The van der Waals surface area contributed by atoms with E-state index in [-0.39, 0.29) is 11.5 Å². The van der Waals surface area contributed by atoms with E-state index in [9.17, 15) is 13.0 Å². The summed E-state index contributed by atoms with van der Waals surface area (Å²) < 4.78 is 47.1. The van der Waals surface area contributed by atoms with E-state index in [2.05, 4.69) is 5.16 Å². The minimum absolute atomic E-state index is 0.123. The summed E-state index contributed by atoms with van der Waals surface area (Å²) in [6.07, 6.45) is -0.123. The van der Waals surface area contributed by atoms with Gasteiger partial charge in [-0.1, -0.05) is 11.2 Å². The summed E-state index contributed by atoms with van der Waals surface area (Å²) in [5, 5.41) is 12.2. The van der Waals surface area contributed by atoms with Gasteiger partial charge in [-0.25, -0.2) is 17.8 Å². The molecule has 0 saturated carbocycles. The van der Waals surface area contributed by atoms with E-state index in [1.54, 1.807) is 0 Å². The molecule has 0 aromatic heterocycles. The fourth-order valence-electron chi connectivity index (χ4n) is 1.70. The molecule has 106 valence electrons. The van der Waals surface area contributed by atoms with Gasteiger partial charge < -0.3 is 4.84 Å². The number of benzene rings is 1. The van der Waals surface area contributed by atoms with Crippen LogP contribution in [0.15, 0.2) is 23.4 Å². The van der Waals surface area contributed by atoms with Crippen molar-refractivity contribution in [3.63, 3.8) is 0 Å². The van der Waals surface area contributed by atoms with E-state index in [0.29, 0.717) is 0 Å². The molecular formula is C12H11F2N3O2S. The highest BCUT2D eigenvalue weighted by Gasteiger charge is 2.38. The molecule has 1 aromatic carbocycles. The number of halogens is 2. The Hall–Kier alpha value is -2.01. The zero-order valence-electron chi connectivity index (χ0n) is 10.5. The third kappa shape index (κ3) is 2.63. The molecule has 0 bridgehead atoms. The lowest BCUT2D eigenvalue weighted by molar-refractivity contribution is 0.0425. The van der Waals surface area contributed by atoms with Crippen LogP contribution in [0.4, 0.5) is 8.78 Å². The Morgan fingerprint density at radius 2 is 2.15 bits per heavy atom. The van der Waals surface area contributed by atoms with E-state index in [0.717, 1.165) is 12.1 Å². The number of nitrogens with zero attached hydrogens (tertiary/aromatic N) is 2. The van der Waals surface area contributed by atoms with Crippen molar-refractivity contribution in [3.05, 3.63) is 35.4 Å². The molecular weight excluding hydrogens is 288 g/mol. The normalized spacial score (nSPS) is 24.4. The maximum atomic E-state index is 13.5. The molecule has 1 N–H and O–H groups in total. The Morgan fingerprint density at radius 3 is 2.65 bits per heavy atom. The first-order valence-electron chi connectivity index (χ1n) is 5.63. The van der Waals surface area contributed by atoms with E-state index in [1.165, 1.54) is 13.0 Å². The van der Waals surface area contributed by atoms with Gasteiger partial charge in [-0.05, 0) is 19.1 Å². The highest BCUT2D eigenvalue weighted by Crippen LogP contribution is 2.27. The molecule has 0 fully saturated rings. The fraction of sp³-hybridized carbons (Fsp3) is 0.333. The van der Waals surface area contributed by atoms with Crippen LogP contribution < -0.4 is 0 Å². The lowest BCUT2D eigenvalue weighted by Gasteiger charge is -2.11.